The summed E-state index contributed by atoms with van der Waals surface area (Å²) in [7, 11) is 1.84. The minimum absolute atomic E-state index is 0.0540. The number of aryl methyl sites for hydroxylation is 1. The summed E-state index contributed by atoms with van der Waals surface area (Å²) in [5.41, 5.74) is 2.80. The first kappa shape index (κ1) is 28.4. The molecule has 3 heterocycles. The number of alkyl halides is 1. The van der Waals surface area contributed by atoms with Crippen LogP contribution in [0, 0.1) is 17.1 Å². The van der Waals surface area contributed by atoms with Gasteiger partial charge in [0, 0.05) is 18.2 Å². The first-order valence-corrected chi connectivity index (χ1v) is 14.1. The van der Waals surface area contributed by atoms with Crippen LogP contribution in [0.1, 0.15) is 57.7 Å². The molecule has 1 atom stereocenters. The lowest BCUT2D eigenvalue weighted by molar-refractivity contribution is 0.0696. The second-order valence-corrected chi connectivity index (χ2v) is 10.8. The number of para-hydroxylation sites is 1. The molecule has 9 nitrogen and oxygen atoms in total. The lowest BCUT2D eigenvalue weighted by Gasteiger charge is -2.35. The zero-order valence-electron chi connectivity index (χ0n) is 23.6. The first-order chi connectivity index (χ1) is 20.9. The Morgan fingerprint density at radius 1 is 1.19 bits per heavy atom. The summed E-state index contributed by atoms with van der Waals surface area (Å²) in [5, 5.41) is 18.6. The SMILES string of the molecule is Cn1c(CN2CCC(c3cccc4c3O[C@H](c3ccc(C#N)cc3F)CO4)CC2)nc2c(OCCF)cc(C(=O)O)cc21. The Kier molecular flexibility index (Phi) is 7.86. The van der Waals surface area contributed by atoms with E-state index in [4.69, 9.17) is 24.5 Å². The minimum atomic E-state index is -1.09. The maximum atomic E-state index is 14.8. The number of hydrogen-bond acceptors (Lipinski definition) is 7. The van der Waals surface area contributed by atoms with Crippen LogP contribution in [0.2, 0.25) is 0 Å². The predicted octanol–water partition coefficient (Wildman–Crippen LogP) is 5.52. The number of benzene rings is 3. The van der Waals surface area contributed by atoms with Crippen molar-refractivity contribution in [3.05, 3.63) is 82.4 Å². The van der Waals surface area contributed by atoms with Crippen LogP contribution in [0.5, 0.6) is 17.2 Å². The van der Waals surface area contributed by atoms with Crippen molar-refractivity contribution in [2.24, 2.45) is 7.05 Å². The van der Waals surface area contributed by atoms with E-state index < -0.39 is 24.6 Å². The normalized spacial score (nSPS) is 17.1. The van der Waals surface area contributed by atoms with Crippen LogP contribution in [0.3, 0.4) is 0 Å². The molecule has 0 aliphatic carbocycles. The highest BCUT2D eigenvalue weighted by molar-refractivity contribution is 5.95. The van der Waals surface area contributed by atoms with Crippen LogP contribution in [-0.2, 0) is 13.6 Å². The number of hydrogen-bond donors (Lipinski definition) is 1. The smallest absolute Gasteiger partial charge is 0.335 e. The number of nitriles is 1. The summed E-state index contributed by atoms with van der Waals surface area (Å²) in [6, 6.07) is 15.1. The highest BCUT2D eigenvalue weighted by Crippen LogP contribution is 2.45. The zero-order chi connectivity index (χ0) is 30.1. The molecule has 6 rings (SSSR count). The molecule has 4 aromatic rings. The highest BCUT2D eigenvalue weighted by Gasteiger charge is 2.31. The standard InChI is InChI=1S/C32H30F2N4O5/c1-37-25-14-21(32(39)40)15-27(41-12-9-33)30(25)36-29(37)17-38-10-7-20(8-11-38)22-3-2-4-26-31(22)43-28(18-42-26)23-6-5-19(16-35)13-24(23)34/h2-6,13-15,20,28H,7-12,17-18H2,1H3,(H,39,40)/t28-/m0/s1. The summed E-state index contributed by atoms with van der Waals surface area (Å²) < 4.78 is 47.2. The van der Waals surface area contributed by atoms with Crippen molar-refractivity contribution in [1.29, 1.82) is 5.26 Å². The number of aromatic nitrogens is 2. The van der Waals surface area contributed by atoms with Gasteiger partial charge in [0.1, 0.15) is 42.8 Å². The number of halogens is 2. The molecule has 11 heteroatoms. The van der Waals surface area contributed by atoms with Crippen LogP contribution >= 0.6 is 0 Å². The quantitative estimate of drug-likeness (QED) is 0.287. The van der Waals surface area contributed by atoms with Gasteiger partial charge in [-0.05, 0) is 62.2 Å². The number of ether oxygens (including phenoxy) is 3. The number of carbonyl (C=O) groups is 1. The van der Waals surface area contributed by atoms with Gasteiger partial charge in [-0.3, -0.25) is 4.90 Å². The van der Waals surface area contributed by atoms with Crippen LogP contribution in [0.15, 0.2) is 48.5 Å². The van der Waals surface area contributed by atoms with E-state index in [0.29, 0.717) is 34.6 Å². The molecule has 222 valence electrons. The van der Waals surface area contributed by atoms with Crippen molar-refractivity contribution < 1.29 is 32.9 Å². The van der Waals surface area contributed by atoms with Crippen molar-refractivity contribution in [2.45, 2.75) is 31.4 Å². The minimum Gasteiger partial charge on any atom is -0.488 e. The van der Waals surface area contributed by atoms with Gasteiger partial charge < -0.3 is 23.9 Å². The number of carboxylic acid groups (broad SMARTS) is 1. The molecule has 2 aliphatic rings. The molecule has 0 spiro atoms. The lowest BCUT2D eigenvalue weighted by Crippen LogP contribution is -2.33. The summed E-state index contributed by atoms with van der Waals surface area (Å²) >= 11 is 0. The fourth-order valence-electron chi connectivity index (χ4n) is 5.88. The molecule has 0 amide bonds. The summed E-state index contributed by atoms with van der Waals surface area (Å²) in [6.45, 7) is 1.43. The number of imidazole rings is 1. The van der Waals surface area contributed by atoms with E-state index in [1.165, 1.54) is 12.1 Å². The van der Waals surface area contributed by atoms with Crippen molar-refractivity contribution in [1.82, 2.24) is 14.5 Å². The van der Waals surface area contributed by atoms with E-state index in [9.17, 15) is 18.7 Å². The molecule has 1 fully saturated rings. The number of carboxylic acids is 1. The van der Waals surface area contributed by atoms with E-state index in [1.54, 1.807) is 18.2 Å². The molecule has 0 bridgehead atoms. The van der Waals surface area contributed by atoms with E-state index in [1.807, 2.05) is 35.9 Å². The molecule has 0 saturated carbocycles. The van der Waals surface area contributed by atoms with Crippen LogP contribution < -0.4 is 14.2 Å². The third kappa shape index (κ3) is 5.58. The molecule has 1 saturated heterocycles. The van der Waals surface area contributed by atoms with Crippen LogP contribution in [-0.4, -0.2) is 58.5 Å². The molecular formula is C32H30F2N4O5. The second kappa shape index (κ2) is 11.9. The molecular weight excluding hydrogens is 558 g/mol. The molecule has 43 heavy (non-hydrogen) atoms. The van der Waals surface area contributed by atoms with Crippen molar-refractivity contribution in [3.63, 3.8) is 0 Å². The first-order valence-electron chi connectivity index (χ1n) is 14.1. The maximum Gasteiger partial charge on any atom is 0.335 e. The number of rotatable bonds is 8. The Hall–Kier alpha value is -4.69. The Labute approximate surface area is 246 Å². The number of aromatic carboxylic acids is 1. The fraction of sp³-hybridized carbons (Fsp3) is 0.344. The number of fused-ring (bicyclic) bond motifs is 2. The summed E-state index contributed by atoms with van der Waals surface area (Å²) in [6.07, 6.45) is 1.08. The number of piperidine rings is 1. The maximum absolute atomic E-state index is 14.8. The van der Waals surface area contributed by atoms with Gasteiger partial charge in [0.25, 0.3) is 0 Å². The molecule has 2 aliphatic heterocycles. The monoisotopic (exact) mass is 588 g/mol. The van der Waals surface area contributed by atoms with Crippen LogP contribution in [0.25, 0.3) is 11.0 Å². The Balaban J connectivity index is 1.17. The van der Waals surface area contributed by atoms with Gasteiger partial charge in [0.15, 0.2) is 17.6 Å². The fourth-order valence-corrected chi connectivity index (χ4v) is 5.88. The van der Waals surface area contributed by atoms with E-state index >= 15 is 0 Å². The molecule has 3 aromatic carbocycles. The van der Waals surface area contributed by atoms with Crippen molar-refractivity contribution >= 4 is 17.0 Å². The largest absolute Gasteiger partial charge is 0.488 e. The number of likely N-dealkylation sites (tertiary alicyclic amines) is 1. The summed E-state index contributed by atoms with van der Waals surface area (Å²) in [4.78, 5) is 18.7. The van der Waals surface area contributed by atoms with Crippen LogP contribution in [0.4, 0.5) is 8.78 Å². The molecule has 1 N–H and O–H groups in total. The van der Waals surface area contributed by atoms with Gasteiger partial charge in [-0.25, -0.2) is 18.6 Å². The zero-order valence-corrected chi connectivity index (χ0v) is 23.6. The van der Waals surface area contributed by atoms with Gasteiger partial charge in [0.2, 0.25) is 0 Å². The van der Waals surface area contributed by atoms with Gasteiger partial charge in [-0.1, -0.05) is 18.2 Å². The van der Waals surface area contributed by atoms with Crippen molar-refractivity contribution in [3.8, 4) is 23.3 Å². The van der Waals surface area contributed by atoms with E-state index in [0.717, 1.165) is 37.3 Å². The van der Waals surface area contributed by atoms with E-state index in [2.05, 4.69) is 4.90 Å². The topological polar surface area (TPSA) is 110 Å². The van der Waals surface area contributed by atoms with E-state index in [-0.39, 0.29) is 36.0 Å². The molecule has 0 radical (unpaired) electrons. The third-order valence-corrected chi connectivity index (χ3v) is 8.15. The van der Waals surface area contributed by atoms with Gasteiger partial charge >= 0.3 is 5.97 Å². The second-order valence-electron chi connectivity index (χ2n) is 10.8. The van der Waals surface area contributed by atoms with Crippen molar-refractivity contribution in [2.75, 3.05) is 33.0 Å². The number of nitrogens with zero attached hydrogens (tertiary/aromatic N) is 4. The summed E-state index contributed by atoms with van der Waals surface area (Å²) in [5.74, 6) is 0.888. The predicted molar refractivity (Wildman–Crippen MR) is 153 cm³/mol. The highest BCUT2D eigenvalue weighted by atomic mass is 19.1. The Morgan fingerprint density at radius 2 is 2.00 bits per heavy atom. The Bertz CT molecular complexity index is 1730. The van der Waals surface area contributed by atoms with Gasteiger partial charge in [-0.15, -0.1) is 0 Å². The molecule has 0 unspecified atom stereocenters. The lowest BCUT2D eigenvalue weighted by atomic mass is 9.88. The molecule has 1 aromatic heterocycles. The third-order valence-electron chi connectivity index (χ3n) is 8.15. The average molecular weight is 589 g/mol. The average Bonchev–Trinajstić information content (AvgIpc) is 3.34. The van der Waals surface area contributed by atoms with Gasteiger partial charge in [-0.2, -0.15) is 5.26 Å². The van der Waals surface area contributed by atoms with Gasteiger partial charge in [0.05, 0.1) is 29.3 Å². The Morgan fingerprint density at radius 3 is 2.72 bits per heavy atom.